The Morgan fingerprint density at radius 1 is 0.721 bits per heavy atom. The molecular weight excluding hydrogens is 1000 g/mol. The van der Waals surface area contributed by atoms with Crippen molar-refractivity contribution in [3.05, 3.63) is 168 Å². The predicted molar refractivity (Wildman–Crippen MR) is 262 cm³/mol. The standard InChI is InChI=1S/C37H31N2S.C18H24GeN.Ir/c1-23(2)30-21-26(25-13-6-5-7-14-25)22-31(24(3)4)35(30)39-33-19-10-9-18-32(33)38-37(39)29-17-12-16-28-27-15-8-11-20-34(27)40-36(28)29;1-13(2)16-11-18(15-9-7-14(3)8-10-15)20-12-17(16)19(4,5)6;/h5-16,18-24H,1-4H3;7-9,11-13H,1-6H3;/q2*-1;/i;3D3,13D;. The van der Waals surface area contributed by atoms with Gasteiger partial charge in [0.2, 0.25) is 0 Å². The molecule has 0 fully saturated rings. The van der Waals surface area contributed by atoms with Crippen LogP contribution in [0.2, 0.25) is 17.3 Å². The Labute approximate surface area is 388 Å². The molecule has 6 heteroatoms. The number of para-hydroxylation sites is 2. The molecule has 0 saturated heterocycles. The number of pyridine rings is 1. The predicted octanol–water partition coefficient (Wildman–Crippen LogP) is 15.3. The maximum Gasteiger partial charge on any atom is 0 e. The van der Waals surface area contributed by atoms with E-state index in [1.54, 1.807) is 12.1 Å². The molecule has 0 atom stereocenters. The van der Waals surface area contributed by atoms with Gasteiger partial charge in [-0.05, 0) is 74.5 Å². The Morgan fingerprint density at radius 2 is 1.41 bits per heavy atom. The van der Waals surface area contributed by atoms with Crippen molar-refractivity contribution in [1.29, 1.82) is 0 Å². The van der Waals surface area contributed by atoms with Crippen LogP contribution in [0.3, 0.4) is 0 Å². The Hall–Kier alpha value is -4.65. The van der Waals surface area contributed by atoms with Crippen LogP contribution in [-0.4, -0.2) is 27.8 Å². The van der Waals surface area contributed by atoms with Gasteiger partial charge in [0.15, 0.2) is 0 Å². The normalized spacial score (nSPS) is 13.1. The number of nitrogens with zero attached hydrogens (tertiary/aromatic N) is 3. The van der Waals surface area contributed by atoms with Crippen LogP contribution in [0.25, 0.3) is 70.7 Å². The first-order chi connectivity index (χ1) is 30.3. The molecule has 61 heavy (non-hydrogen) atoms. The number of rotatable bonds is 8. The molecule has 0 aliphatic carbocycles. The third-order valence-electron chi connectivity index (χ3n) is 11.2. The summed E-state index contributed by atoms with van der Waals surface area (Å²) >= 11 is -0.308. The van der Waals surface area contributed by atoms with Crippen molar-refractivity contribution >= 4 is 60.2 Å². The minimum absolute atomic E-state index is 0. The van der Waals surface area contributed by atoms with Gasteiger partial charge in [-0.2, -0.15) is 11.3 Å². The first-order valence-corrected chi connectivity index (χ1v) is 29.0. The number of imidazole rings is 1. The Morgan fingerprint density at radius 3 is 2.07 bits per heavy atom. The molecule has 3 heterocycles. The molecule has 0 saturated carbocycles. The molecule has 311 valence electrons. The van der Waals surface area contributed by atoms with E-state index in [0.717, 1.165) is 39.2 Å². The van der Waals surface area contributed by atoms with E-state index in [1.807, 2.05) is 37.4 Å². The third kappa shape index (κ3) is 8.99. The third-order valence-corrected chi connectivity index (χ3v) is 16.6. The van der Waals surface area contributed by atoms with E-state index in [-0.39, 0.29) is 25.7 Å². The molecule has 6 aromatic carbocycles. The molecule has 0 unspecified atom stereocenters. The van der Waals surface area contributed by atoms with Crippen molar-refractivity contribution in [3.8, 4) is 39.5 Å². The van der Waals surface area contributed by atoms with Crippen LogP contribution in [-0.2, 0) is 20.1 Å². The van der Waals surface area contributed by atoms with Crippen LogP contribution in [0.5, 0.6) is 0 Å². The van der Waals surface area contributed by atoms with E-state index < -0.39 is 26.0 Å². The number of thiophene rings is 1. The van der Waals surface area contributed by atoms with E-state index in [1.165, 1.54) is 58.6 Å². The summed E-state index contributed by atoms with van der Waals surface area (Å²) in [5, 5.41) is 2.55. The summed E-state index contributed by atoms with van der Waals surface area (Å²) in [6.45, 7) is 10.9. The van der Waals surface area contributed by atoms with E-state index in [2.05, 4.69) is 170 Å². The van der Waals surface area contributed by atoms with Crippen molar-refractivity contribution in [2.75, 3.05) is 0 Å². The summed E-state index contributed by atoms with van der Waals surface area (Å²) in [6.07, 6.45) is 1.91. The summed E-state index contributed by atoms with van der Waals surface area (Å²) in [7, 11) is 0. The first-order valence-electron chi connectivity index (χ1n) is 22.9. The Balaban J connectivity index is 0.000000217. The molecular formula is C55H55GeIrN3S-2. The van der Waals surface area contributed by atoms with Gasteiger partial charge in [0.05, 0.1) is 16.9 Å². The summed E-state index contributed by atoms with van der Waals surface area (Å²) in [4.78, 5) is 9.87. The van der Waals surface area contributed by atoms with Crippen LogP contribution in [0.15, 0.2) is 134 Å². The first kappa shape index (κ1) is 39.2. The molecule has 9 aromatic rings. The van der Waals surface area contributed by atoms with Gasteiger partial charge < -0.3 is 4.57 Å². The molecule has 3 nitrogen and oxygen atoms in total. The second-order valence-corrected chi connectivity index (χ2v) is 29.1. The van der Waals surface area contributed by atoms with Crippen LogP contribution in [0.4, 0.5) is 0 Å². The van der Waals surface area contributed by atoms with Crippen molar-refractivity contribution in [3.63, 3.8) is 0 Å². The quantitative estimate of drug-likeness (QED) is 0.112. The van der Waals surface area contributed by atoms with Crippen molar-refractivity contribution < 1.29 is 25.6 Å². The SMILES string of the molecule is CC(C)c1cc(-c2ccccc2)cc(C(C)C)c1-n1c(-c2[c-]ccc3c2sc2ccccc23)nc2ccccc21.[2H]C([2H])([2H])c1c[c-]c(-c2cc(C([2H])(C)C)[c]([Ge]([CH3])([CH3])[CH3])cn2)cc1.[Ir]. The zero-order valence-electron chi connectivity index (χ0n) is 40.4. The minimum Gasteiger partial charge on any atom is 0 e. The number of fused-ring (bicyclic) bond motifs is 4. The summed E-state index contributed by atoms with van der Waals surface area (Å²) in [5.41, 5.74) is 12.4. The van der Waals surface area contributed by atoms with Gasteiger partial charge in [-0.3, -0.25) is 4.98 Å². The van der Waals surface area contributed by atoms with Gasteiger partial charge in [0, 0.05) is 30.5 Å². The molecule has 0 N–H and O–H groups in total. The number of hydrogen-bond acceptors (Lipinski definition) is 3. The fourth-order valence-electron chi connectivity index (χ4n) is 8.09. The smallest absolute Gasteiger partial charge is 0 e. The molecule has 0 bridgehead atoms. The van der Waals surface area contributed by atoms with E-state index >= 15 is 0 Å². The Kier molecular flexibility index (Phi) is 11.8. The van der Waals surface area contributed by atoms with Gasteiger partial charge in [0.25, 0.3) is 0 Å². The summed E-state index contributed by atoms with van der Waals surface area (Å²) < 4.78 is 37.0. The molecule has 3 aromatic heterocycles. The fraction of sp³-hybridized carbons (Fsp3) is 0.236. The number of benzene rings is 6. The van der Waals surface area contributed by atoms with E-state index in [4.69, 9.17) is 10.5 Å². The Bertz CT molecular complexity index is 3090. The zero-order chi connectivity index (χ0) is 45.7. The average Bonchev–Trinajstić information content (AvgIpc) is 3.84. The van der Waals surface area contributed by atoms with Gasteiger partial charge in [0.1, 0.15) is 0 Å². The topological polar surface area (TPSA) is 30.7 Å². The largest absolute Gasteiger partial charge is 0 e. The number of aromatic nitrogens is 3. The second-order valence-electron chi connectivity index (χ2n) is 17.5. The van der Waals surface area contributed by atoms with Crippen LogP contribution >= 0.6 is 11.3 Å². The minimum atomic E-state index is -2.14. The molecule has 0 amide bonds. The van der Waals surface area contributed by atoms with Gasteiger partial charge in [-0.15, -0.1) is 18.2 Å². The molecule has 0 aliphatic rings. The zero-order valence-corrected chi connectivity index (χ0v) is 41.7. The fourth-order valence-corrected chi connectivity index (χ4v) is 12.6. The van der Waals surface area contributed by atoms with Crippen molar-refractivity contribution in [2.24, 2.45) is 0 Å². The average molecular weight is 1060 g/mol. The monoisotopic (exact) mass is 1060 g/mol. The summed E-state index contributed by atoms with van der Waals surface area (Å²) in [5.74, 6) is 7.79. The van der Waals surface area contributed by atoms with Crippen LogP contribution < -0.4 is 4.40 Å². The van der Waals surface area contributed by atoms with Crippen molar-refractivity contribution in [1.82, 2.24) is 14.5 Å². The van der Waals surface area contributed by atoms with E-state index in [0.29, 0.717) is 11.8 Å². The number of aryl methyl sites for hydroxylation is 1. The second kappa shape index (κ2) is 18.4. The summed E-state index contributed by atoms with van der Waals surface area (Å²) in [6, 6.07) is 50.5. The molecule has 0 aliphatic heterocycles. The van der Waals surface area contributed by atoms with Gasteiger partial charge in [-0.1, -0.05) is 99.3 Å². The maximum atomic E-state index is 8.49. The van der Waals surface area contributed by atoms with Crippen LogP contribution in [0.1, 0.15) is 87.0 Å². The van der Waals surface area contributed by atoms with Gasteiger partial charge in [-0.25, -0.2) is 0 Å². The maximum absolute atomic E-state index is 8.49. The van der Waals surface area contributed by atoms with Gasteiger partial charge >= 0.3 is 131 Å². The molecule has 9 rings (SSSR count). The van der Waals surface area contributed by atoms with Crippen molar-refractivity contribution in [2.45, 2.75) is 83.4 Å². The number of hydrogen-bond donors (Lipinski definition) is 0. The van der Waals surface area contributed by atoms with Crippen LogP contribution in [0, 0.1) is 19.0 Å². The van der Waals surface area contributed by atoms with E-state index in [9.17, 15) is 0 Å². The molecule has 1 radical (unpaired) electrons. The molecule has 0 spiro atoms.